The zero-order valence-electron chi connectivity index (χ0n) is 10.9. The lowest BCUT2D eigenvalue weighted by Crippen LogP contribution is -2.48. The van der Waals surface area contributed by atoms with Crippen LogP contribution in [0.5, 0.6) is 0 Å². The molecule has 1 rings (SSSR count). The quantitative estimate of drug-likeness (QED) is 0.443. The maximum absolute atomic E-state index is 11.6. The summed E-state index contributed by atoms with van der Waals surface area (Å²) in [6.07, 6.45) is 2.22. The van der Waals surface area contributed by atoms with Crippen molar-refractivity contribution in [2.24, 2.45) is 17.6 Å². The molecule has 0 bridgehead atoms. The molecule has 0 aromatic heterocycles. The molecule has 1 fully saturated rings. The Bertz CT molecular complexity index is 358. The third-order valence-electron chi connectivity index (χ3n) is 3.34. The van der Waals surface area contributed by atoms with Crippen molar-refractivity contribution in [3.8, 4) is 0 Å². The van der Waals surface area contributed by atoms with E-state index in [0.717, 1.165) is 12.8 Å². The number of amides is 1. The second-order valence-corrected chi connectivity index (χ2v) is 4.61. The summed E-state index contributed by atoms with van der Waals surface area (Å²) in [4.78, 5) is 33.8. The van der Waals surface area contributed by atoms with E-state index in [2.05, 4.69) is 10.1 Å². The molecule has 4 N–H and O–H groups in total. The largest absolute Gasteiger partial charge is 0.481 e. The van der Waals surface area contributed by atoms with Gasteiger partial charge >= 0.3 is 11.9 Å². The SMILES string of the molecule is CCOC(=O)C(N)C(=O)NCC1CCCC1C(=O)O. The molecule has 3 atom stereocenters. The van der Waals surface area contributed by atoms with Crippen molar-refractivity contribution >= 4 is 17.8 Å². The topological polar surface area (TPSA) is 119 Å². The Morgan fingerprint density at radius 1 is 1.42 bits per heavy atom. The molecular formula is C12H20N2O5. The molecule has 108 valence electrons. The van der Waals surface area contributed by atoms with Gasteiger partial charge in [-0.25, -0.2) is 4.79 Å². The molecule has 3 unspecified atom stereocenters. The van der Waals surface area contributed by atoms with Crippen LogP contribution in [-0.2, 0) is 19.1 Å². The number of carbonyl (C=O) groups excluding carboxylic acids is 2. The van der Waals surface area contributed by atoms with Gasteiger partial charge in [-0.2, -0.15) is 0 Å². The smallest absolute Gasteiger partial charge is 0.332 e. The summed E-state index contributed by atoms with van der Waals surface area (Å²) in [5, 5.41) is 11.5. The molecule has 0 heterocycles. The van der Waals surface area contributed by atoms with Crippen molar-refractivity contribution < 1.29 is 24.2 Å². The van der Waals surface area contributed by atoms with Gasteiger partial charge < -0.3 is 20.9 Å². The molecule has 0 spiro atoms. The monoisotopic (exact) mass is 272 g/mol. The highest BCUT2D eigenvalue weighted by Crippen LogP contribution is 2.31. The molecular weight excluding hydrogens is 252 g/mol. The molecule has 0 aliphatic heterocycles. The lowest BCUT2D eigenvalue weighted by atomic mass is 9.96. The Kier molecular flexibility index (Phi) is 5.75. The van der Waals surface area contributed by atoms with Gasteiger partial charge in [-0.05, 0) is 25.7 Å². The van der Waals surface area contributed by atoms with Crippen molar-refractivity contribution in [2.45, 2.75) is 32.2 Å². The molecule has 0 aromatic rings. The number of carboxylic acids is 1. The second kappa shape index (κ2) is 7.08. The van der Waals surface area contributed by atoms with Crippen molar-refractivity contribution in [1.82, 2.24) is 5.32 Å². The number of hydrogen-bond acceptors (Lipinski definition) is 5. The Balaban J connectivity index is 2.41. The first-order valence-corrected chi connectivity index (χ1v) is 6.40. The minimum absolute atomic E-state index is 0.101. The molecule has 0 radical (unpaired) electrons. The fraction of sp³-hybridized carbons (Fsp3) is 0.750. The van der Waals surface area contributed by atoms with E-state index in [-0.39, 0.29) is 19.1 Å². The van der Waals surface area contributed by atoms with Crippen molar-refractivity contribution in [3.05, 3.63) is 0 Å². The zero-order chi connectivity index (χ0) is 14.4. The van der Waals surface area contributed by atoms with Crippen molar-refractivity contribution in [1.29, 1.82) is 0 Å². The summed E-state index contributed by atoms with van der Waals surface area (Å²) in [6.45, 7) is 2.00. The van der Waals surface area contributed by atoms with Crippen LogP contribution in [-0.4, -0.2) is 42.1 Å². The molecule has 1 saturated carbocycles. The van der Waals surface area contributed by atoms with Crippen molar-refractivity contribution in [3.63, 3.8) is 0 Å². The second-order valence-electron chi connectivity index (χ2n) is 4.61. The number of rotatable bonds is 6. The molecule has 0 aromatic carbocycles. The highest BCUT2D eigenvalue weighted by atomic mass is 16.5. The van der Waals surface area contributed by atoms with Crippen LogP contribution in [0, 0.1) is 11.8 Å². The fourth-order valence-electron chi connectivity index (χ4n) is 2.29. The molecule has 7 heteroatoms. The van der Waals surface area contributed by atoms with E-state index in [1.54, 1.807) is 6.92 Å². The number of carboxylic acid groups (broad SMARTS) is 1. The minimum Gasteiger partial charge on any atom is -0.481 e. The predicted molar refractivity (Wildman–Crippen MR) is 66.1 cm³/mol. The number of hydrogen-bond donors (Lipinski definition) is 3. The summed E-state index contributed by atoms with van der Waals surface area (Å²) in [5.41, 5.74) is 5.42. The van der Waals surface area contributed by atoms with Crippen LogP contribution >= 0.6 is 0 Å². The van der Waals surface area contributed by atoms with Gasteiger partial charge in [0.15, 0.2) is 6.04 Å². The van der Waals surface area contributed by atoms with Crippen LogP contribution in [0.25, 0.3) is 0 Å². The number of nitrogens with two attached hydrogens (primary N) is 1. The van der Waals surface area contributed by atoms with Crippen LogP contribution in [0.1, 0.15) is 26.2 Å². The van der Waals surface area contributed by atoms with Crippen LogP contribution in [0.2, 0.25) is 0 Å². The van der Waals surface area contributed by atoms with Gasteiger partial charge in [0.05, 0.1) is 12.5 Å². The lowest BCUT2D eigenvalue weighted by Gasteiger charge is -2.17. The number of nitrogens with one attached hydrogen (secondary N) is 1. The number of aliphatic carboxylic acids is 1. The van der Waals surface area contributed by atoms with E-state index in [4.69, 9.17) is 10.8 Å². The van der Waals surface area contributed by atoms with E-state index in [1.165, 1.54) is 0 Å². The first-order valence-electron chi connectivity index (χ1n) is 6.40. The van der Waals surface area contributed by atoms with Gasteiger partial charge in [0.1, 0.15) is 0 Å². The van der Waals surface area contributed by atoms with Gasteiger partial charge in [0.2, 0.25) is 5.91 Å². The summed E-state index contributed by atoms with van der Waals surface area (Å²) in [5.74, 6) is -2.78. The summed E-state index contributed by atoms with van der Waals surface area (Å²) in [6, 6.07) is -1.36. The first kappa shape index (κ1) is 15.4. The summed E-state index contributed by atoms with van der Waals surface area (Å²) >= 11 is 0. The number of ether oxygens (including phenoxy) is 1. The van der Waals surface area contributed by atoms with Crippen LogP contribution in [0.4, 0.5) is 0 Å². The predicted octanol–water partition coefficient (Wildman–Crippen LogP) is -0.506. The zero-order valence-corrected chi connectivity index (χ0v) is 10.9. The van der Waals surface area contributed by atoms with Crippen LogP contribution in [0.3, 0.4) is 0 Å². The van der Waals surface area contributed by atoms with Crippen LogP contribution < -0.4 is 11.1 Å². The van der Waals surface area contributed by atoms with Crippen LogP contribution in [0.15, 0.2) is 0 Å². The lowest BCUT2D eigenvalue weighted by molar-refractivity contribution is -0.148. The van der Waals surface area contributed by atoms with Gasteiger partial charge in [-0.1, -0.05) is 6.42 Å². The van der Waals surface area contributed by atoms with Gasteiger partial charge in [0, 0.05) is 6.54 Å². The highest BCUT2D eigenvalue weighted by molar-refractivity contribution is 6.01. The van der Waals surface area contributed by atoms with E-state index in [0.29, 0.717) is 6.42 Å². The maximum atomic E-state index is 11.6. The van der Waals surface area contributed by atoms with E-state index in [1.807, 2.05) is 0 Å². The Morgan fingerprint density at radius 3 is 2.68 bits per heavy atom. The third kappa shape index (κ3) is 4.20. The van der Waals surface area contributed by atoms with E-state index >= 15 is 0 Å². The van der Waals surface area contributed by atoms with Crippen molar-refractivity contribution in [2.75, 3.05) is 13.2 Å². The highest BCUT2D eigenvalue weighted by Gasteiger charge is 2.33. The molecule has 7 nitrogen and oxygen atoms in total. The average Bonchev–Trinajstić information content (AvgIpc) is 2.83. The standard InChI is InChI=1S/C12H20N2O5/c1-2-19-12(18)9(13)10(15)14-6-7-4-3-5-8(7)11(16)17/h7-9H,2-6,13H2,1H3,(H,14,15)(H,16,17). The first-order chi connectivity index (χ1) is 8.97. The van der Waals surface area contributed by atoms with Gasteiger partial charge in [-0.3, -0.25) is 9.59 Å². The van der Waals surface area contributed by atoms with Gasteiger partial charge in [0.25, 0.3) is 0 Å². The average molecular weight is 272 g/mol. The van der Waals surface area contributed by atoms with E-state index in [9.17, 15) is 14.4 Å². The number of carbonyl (C=O) groups is 3. The molecule has 1 aliphatic carbocycles. The van der Waals surface area contributed by atoms with E-state index < -0.39 is 29.8 Å². The molecule has 19 heavy (non-hydrogen) atoms. The Morgan fingerprint density at radius 2 is 2.11 bits per heavy atom. The van der Waals surface area contributed by atoms with Gasteiger partial charge in [-0.15, -0.1) is 0 Å². The molecule has 0 saturated heterocycles. The Hall–Kier alpha value is -1.63. The summed E-state index contributed by atoms with van der Waals surface area (Å²) in [7, 11) is 0. The Labute approximate surface area is 111 Å². The number of esters is 1. The fourth-order valence-corrected chi connectivity index (χ4v) is 2.29. The normalized spacial score (nSPS) is 23.7. The minimum atomic E-state index is -1.36. The maximum Gasteiger partial charge on any atom is 0.332 e. The molecule has 1 aliphatic rings. The third-order valence-corrected chi connectivity index (χ3v) is 3.34. The summed E-state index contributed by atoms with van der Waals surface area (Å²) < 4.78 is 4.64. The molecule has 1 amide bonds.